The molecule has 0 spiro atoms. The predicted octanol–water partition coefficient (Wildman–Crippen LogP) is 5.51. The maximum atomic E-state index is 12.5. The lowest BCUT2D eigenvalue weighted by Crippen LogP contribution is -2.29. The first kappa shape index (κ1) is 20.0. The van der Waals surface area contributed by atoms with Crippen LogP contribution in [0.25, 0.3) is 11.1 Å². The van der Waals surface area contributed by atoms with E-state index < -0.39 is 5.97 Å². The van der Waals surface area contributed by atoms with Crippen molar-refractivity contribution in [1.29, 1.82) is 0 Å². The Balaban J connectivity index is 1.73. The van der Waals surface area contributed by atoms with Crippen LogP contribution in [0, 0.1) is 11.8 Å². The van der Waals surface area contributed by atoms with Crippen LogP contribution in [0.5, 0.6) is 0 Å². The summed E-state index contributed by atoms with van der Waals surface area (Å²) in [7, 11) is 0. The lowest BCUT2D eigenvalue weighted by Gasteiger charge is -2.34. The van der Waals surface area contributed by atoms with E-state index in [1.165, 1.54) is 19.3 Å². The molecule has 2 aliphatic rings. The zero-order chi connectivity index (χ0) is 20.4. The average Bonchev–Trinajstić information content (AvgIpc) is 3.15. The van der Waals surface area contributed by atoms with Crippen LogP contribution in [0.15, 0.2) is 42.5 Å². The molecule has 2 unspecified atom stereocenters. The van der Waals surface area contributed by atoms with Crippen molar-refractivity contribution in [2.24, 2.45) is 11.8 Å². The largest absolute Gasteiger partial charge is 0.478 e. The van der Waals surface area contributed by atoms with Gasteiger partial charge in [0.1, 0.15) is 0 Å². The van der Waals surface area contributed by atoms with Crippen molar-refractivity contribution in [2.45, 2.75) is 44.4 Å². The summed E-state index contributed by atoms with van der Waals surface area (Å²) in [6.45, 7) is 0.731. The molecular weight excluding hydrogens is 386 g/mol. The molecule has 1 saturated carbocycles. The normalized spacial score (nSPS) is 21.0. The Morgan fingerprint density at radius 2 is 1.83 bits per heavy atom. The fraction of sp³-hybridized carbons (Fsp3) is 0.417. The topological polar surface area (TPSA) is 66.4 Å². The molecule has 0 radical (unpaired) electrons. The predicted molar refractivity (Wildman–Crippen MR) is 114 cm³/mol. The molecule has 2 fully saturated rings. The number of benzene rings is 2. The smallest absolute Gasteiger partial charge is 0.336 e. The molecule has 0 bridgehead atoms. The van der Waals surface area contributed by atoms with Gasteiger partial charge in [0.25, 0.3) is 0 Å². The minimum atomic E-state index is -0.955. The number of rotatable bonds is 5. The molecule has 2 aromatic rings. The molecule has 0 aromatic heterocycles. The molecule has 1 amide bonds. The van der Waals surface area contributed by atoms with Crippen molar-refractivity contribution in [2.75, 3.05) is 6.54 Å². The summed E-state index contributed by atoms with van der Waals surface area (Å²) in [5.41, 5.74) is 2.73. The summed E-state index contributed by atoms with van der Waals surface area (Å²) in [5.74, 6) is -0.269. The van der Waals surface area contributed by atoms with Gasteiger partial charge in [-0.2, -0.15) is 0 Å². The Morgan fingerprint density at radius 3 is 2.48 bits per heavy atom. The second-order valence-electron chi connectivity index (χ2n) is 8.20. The van der Waals surface area contributed by atoms with Crippen LogP contribution in [0.2, 0.25) is 5.02 Å². The minimum absolute atomic E-state index is 0.0345. The number of carbonyl (C=O) groups is 2. The first-order valence-electron chi connectivity index (χ1n) is 10.5. The summed E-state index contributed by atoms with van der Waals surface area (Å²) in [5, 5.41) is 13.1. The van der Waals surface area contributed by atoms with Crippen molar-refractivity contribution in [3.63, 3.8) is 0 Å². The molecule has 1 saturated heterocycles. The van der Waals surface area contributed by atoms with Crippen LogP contribution in [0.1, 0.15) is 60.4 Å². The van der Waals surface area contributed by atoms with E-state index in [1.54, 1.807) is 18.2 Å². The maximum Gasteiger partial charge on any atom is 0.336 e. The van der Waals surface area contributed by atoms with Gasteiger partial charge < -0.3 is 10.4 Å². The van der Waals surface area contributed by atoms with E-state index in [2.05, 4.69) is 5.32 Å². The number of carboxylic acid groups (broad SMARTS) is 1. The molecule has 1 aliphatic heterocycles. The Kier molecular flexibility index (Phi) is 5.91. The molecule has 152 valence electrons. The second kappa shape index (κ2) is 8.58. The summed E-state index contributed by atoms with van der Waals surface area (Å²) >= 11 is 6.77. The van der Waals surface area contributed by atoms with Gasteiger partial charge in [0, 0.05) is 17.5 Å². The van der Waals surface area contributed by atoms with E-state index in [4.69, 9.17) is 11.6 Å². The van der Waals surface area contributed by atoms with E-state index in [0.29, 0.717) is 16.5 Å². The van der Waals surface area contributed by atoms with Crippen LogP contribution in [-0.4, -0.2) is 23.5 Å². The molecule has 4 rings (SSSR count). The van der Waals surface area contributed by atoms with E-state index >= 15 is 0 Å². The van der Waals surface area contributed by atoms with E-state index in [-0.39, 0.29) is 23.3 Å². The number of hydrogen-bond acceptors (Lipinski definition) is 2. The maximum absolute atomic E-state index is 12.5. The molecule has 2 N–H and O–H groups in total. The molecule has 29 heavy (non-hydrogen) atoms. The van der Waals surface area contributed by atoms with Gasteiger partial charge >= 0.3 is 5.97 Å². The standard InChI is InChI=1S/C24H26ClNO3/c25-21-14-16(17-8-4-5-9-18(17)24(28)29)10-11-19(21)22(15-6-2-1-3-7-15)20-12-13-26-23(20)27/h4-5,8-11,14-15,20,22H,1-3,6-7,12-13H2,(H,26,27)(H,28,29). The van der Waals surface area contributed by atoms with Crippen molar-refractivity contribution < 1.29 is 14.7 Å². The highest BCUT2D eigenvalue weighted by atomic mass is 35.5. The van der Waals surface area contributed by atoms with Crippen molar-refractivity contribution in [1.82, 2.24) is 5.32 Å². The Morgan fingerprint density at radius 1 is 1.07 bits per heavy atom. The zero-order valence-corrected chi connectivity index (χ0v) is 17.1. The molecule has 2 atom stereocenters. The molecule has 1 aliphatic carbocycles. The fourth-order valence-electron chi connectivity index (χ4n) is 5.13. The van der Waals surface area contributed by atoms with E-state index in [9.17, 15) is 14.7 Å². The summed E-state index contributed by atoms with van der Waals surface area (Å²) < 4.78 is 0. The number of carboxylic acids is 1. The molecular formula is C24H26ClNO3. The fourth-order valence-corrected chi connectivity index (χ4v) is 5.44. The SMILES string of the molecule is O=C(O)c1ccccc1-c1ccc(C(C2CCCCC2)C2CCNC2=O)c(Cl)c1. The van der Waals surface area contributed by atoms with Gasteiger partial charge in [-0.15, -0.1) is 0 Å². The number of aromatic carboxylic acids is 1. The zero-order valence-electron chi connectivity index (χ0n) is 16.4. The highest BCUT2D eigenvalue weighted by molar-refractivity contribution is 6.31. The van der Waals surface area contributed by atoms with Crippen LogP contribution in [0.4, 0.5) is 0 Å². The highest BCUT2D eigenvalue weighted by Crippen LogP contribution is 2.45. The minimum Gasteiger partial charge on any atom is -0.478 e. The Labute approximate surface area is 176 Å². The van der Waals surface area contributed by atoms with Crippen molar-refractivity contribution >= 4 is 23.5 Å². The number of amides is 1. The van der Waals surface area contributed by atoms with Crippen LogP contribution in [-0.2, 0) is 4.79 Å². The number of halogens is 1. The third-order valence-electron chi connectivity index (χ3n) is 6.51. The van der Waals surface area contributed by atoms with Crippen molar-refractivity contribution in [3.05, 3.63) is 58.6 Å². The number of hydrogen-bond donors (Lipinski definition) is 2. The lowest BCUT2D eigenvalue weighted by molar-refractivity contribution is -0.123. The molecule has 4 nitrogen and oxygen atoms in total. The lowest BCUT2D eigenvalue weighted by atomic mass is 9.70. The third-order valence-corrected chi connectivity index (χ3v) is 6.84. The average molecular weight is 412 g/mol. The Bertz CT molecular complexity index is 920. The molecule has 5 heteroatoms. The van der Waals surface area contributed by atoms with Gasteiger partial charge in [-0.25, -0.2) is 4.79 Å². The Hall–Kier alpha value is -2.33. The van der Waals surface area contributed by atoms with Gasteiger partial charge in [-0.05, 0) is 59.9 Å². The third kappa shape index (κ3) is 4.04. The van der Waals surface area contributed by atoms with Crippen molar-refractivity contribution in [3.8, 4) is 11.1 Å². The van der Waals surface area contributed by atoms with Gasteiger partial charge in [0.2, 0.25) is 5.91 Å². The summed E-state index contributed by atoms with van der Waals surface area (Å²) in [4.78, 5) is 24.1. The highest BCUT2D eigenvalue weighted by Gasteiger charge is 2.39. The van der Waals surface area contributed by atoms with Gasteiger partial charge in [-0.3, -0.25) is 4.79 Å². The van der Waals surface area contributed by atoms with Crippen LogP contribution < -0.4 is 5.32 Å². The quantitative estimate of drug-likeness (QED) is 0.682. The molecule has 1 heterocycles. The summed E-state index contributed by atoms with van der Waals surface area (Å²) in [6, 6.07) is 12.8. The van der Waals surface area contributed by atoms with E-state index in [1.807, 2.05) is 24.3 Å². The van der Waals surface area contributed by atoms with Crippen LogP contribution >= 0.6 is 11.6 Å². The van der Waals surface area contributed by atoms with Gasteiger partial charge in [0.05, 0.1) is 5.56 Å². The monoisotopic (exact) mass is 411 g/mol. The molecule has 2 aromatic carbocycles. The second-order valence-corrected chi connectivity index (χ2v) is 8.60. The van der Waals surface area contributed by atoms with Gasteiger partial charge in [0.15, 0.2) is 0 Å². The first-order valence-corrected chi connectivity index (χ1v) is 10.8. The summed E-state index contributed by atoms with van der Waals surface area (Å²) in [6.07, 6.45) is 6.79. The number of nitrogens with one attached hydrogen (secondary N) is 1. The van der Waals surface area contributed by atoms with E-state index in [0.717, 1.165) is 36.9 Å². The first-order chi connectivity index (χ1) is 14.1. The van der Waals surface area contributed by atoms with Gasteiger partial charge in [-0.1, -0.05) is 61.2 Å². The van der Waals surface area contributed by atoms with Crippen LogP contribution in [0.3, 0.4) is 0 Å². The number of carbonyl (C=O) groups excluding carboxylic acids is 1.